The highest BCUT2D eigenvalue weighted by Crippen LogP contribution is 2.26. The Morgan fingerprint density at radius 1 is 1.11 bits per heavy atom. The molecule has 6 nitrogen and oxygen atoms in total. The van der Waals surface area contributed by atoms with Gasteiger partial charge in [0.1, 0.15) is 0 Å². The van der Waals surface area contributed by atoms with Crippen molar-refractivity contribution in [3.05, 3.63) is 71.7 Å². The van der Waals surface area contributed by atoms with Crippen molar-refractivity contribution in [1.29, 1.82) is 0 Å². The summed E-state index contributed by atoms with van der Waals surface area (Å²) in [6.07, 6.45) is 5.91. The first-order valence-corrected chi connectivity index (χ1v) is 9.76. The topological polar surface area (TPSA) is 63.1 Å². The first-order valence-electron chi connectivity index (χ1n) is 9.76. The van der Waals surface area contributed by atoms with E-state index in [1.54, 1.807) is 17.1 Å². The number of carbonyl (C=O) groups is 1. The predicted octanol–water partition coefficient (Wildman–Crippen LogP) is 3.67. The van der Waals surface area contributed by atoms with E-state index in [1.807, 2.05) is 56.3 Å². The van der Waals surface area contributed by atoms with Gasteiger partial charge in [-0.1, -0.05) is 18.2 Å². The van der Waals surface area contributed by atoms with E-state index in [9.17, 15) is 4.79 Å². The molecule has 2 aromatic heterocycles. The average Bonchev–Trinajstić information content (AvgIpc) is 3.38. The maximum absolute atomic E-state index is 13.0. The number of amides is 1. The van der Waals surface area contributed by atoms with Crippen molar-refractivity contribution in [2.45, 2.75) is 32.7 Å². The molecule has 3 heterocycles. The zero-order valence-corrected chi connectivity index (χ0v) is 16.3. The van der Waals surface area contributed by atoms with Crippen molar-refractivity contribution in [3.8, 4) is 5.82 Å². The number of hydrogen-bond donors (Lipinski definition) is 1. The quantitative estimate of drug-likeness (QED) is 0.739. The van der Waals surface area contributed by atoms with Crippen LogP contribution in [0.1, 0.15) is 47.4 Å². The zero-order valence-electron chi connectivity index (χ0n) is 16.3. The van der Waals surface area contributed by atoms with E-state index in [0.29, 0.717) is 0 Å². The molecule has 0 bridgehead atoms. The molecule has 1 amide bonds. The smallest absolute Gasteiger partial charge is 0.253 e. The lowest BCUT2D eigenvalue weighted by molar-refractivity contribution is 0.0940. The summed E-state index contributed by atoms with van der Waals surface area (Å²) in [7, 11) is 0. The van der Waals surface area contributed by atoms with Crippen molar-refractivity contribution < 1.29 is 4.79 Å². The van der Waals surface area contributed by atoms with Crippen LogP contribution in [-0.4, -0.2) is 33.8 Å². The molecule has 0 radical (unpaired) electrons. The van der Waals surface area contributed by atoms with Crippen molar-refractivity contribution in [3.63, 3.8) is 0 Å². The van der Waals surface area contributed by atoms with E-state index in [2.05, 4.69) is 20.3 Å². The van der Waals surface area contributed by atoms with Crippen LogP contribution in [0.25, 0.3) is 5.82 Å². The summed E-state index contributed by atoms with van der Waals surface area (Å²) in [6.45, 7) is 6.01. The molecule has 1 fully saturated rings. The second-order valence-corrected chi connectivity index (χ2v) is 7.19. The molecule has 0 saturated carbocycles. The summed E-state index contributed by atoms with van der Waals surface area (Å²) in [5, 5.41) is 7.60. The van der Waals surface area contributed by atoms with Crippen LogP contribution in [0.4, 0.5) is 5.69 Å². The maximum Gasteiger partial charge on any atom is 0.253 e. The van der Waals surface area contributed by atoms with E-state index >= 15 is 0 Å². The van der Waals surface area contributed by atoms with Gasteiger partial charge in [0.15, 0.2) is 5.82 Å². The van der Waals surface area contributed by atoms with Crippen LogP contribution in [0.15, 0.2) is 54.9 Å². The van der Waals surface area contributed by atoms with E-state index in [-0.39, 0.29) is 11.9 Å². The standard InChI is InChI=1S/C22H25N5O/c1-16(19-15-24-27(17(19)2)21-11-5-6-12-23-21)25-22(28)18-9-3-4-10-20(18)26-13-7-8-14-26/h3-6,9-12,15-16H,7-8,13-14H2,1-2H3,(H,25,28). The van der Waals surface area contributed by atoms with E-state index in [1.165, 1.54) is 12.8 Å². The van der Waals surface area contributed by atoms with E-state index in [0.717, 1.165) is 41.4 Å². The predicted molar refractivity (Wildman–Crippen MR) is 110 cm³/mol. The molecular formula is C22H25N5O. The average molecular weight is 375 g/mol. The van der Waals surface area contributed by atoms with E-state index in [4.69, 9.17) is 0 Å². The van der Waals surface area contributed by atoms with E-state index < -0.39 is 0 Å². The van der Waals surface area contributed by atoms with Crippen LogP contribution in [0.5, 0.6) is 0 Å². The van der Waals surface area contributed by atoms with Crippen LogP contribution >= 0.6 is 0 Å². The number of nitrogens with zero attached hydrogens (tertiary/aromatic N) is 4. The molecule has 1 aromatic carbocycles. The van der Waals surface area contributed by atoms with Gasteiger partial charge in [-0.05, 0) is 51.0 Å². The molecule has 0 aliphatic carbocycles. The minimum absolute atomic E-state index is 0.0556. The molecule has 1 N–H and O–H groups in total. The largest absolute Gasteiger partial charge is 0.371 e. The molecule has 28 heavy (non-hydrogen) atoms. The number of hydrogen-bond acceptors (Lipinski definition) is 4. The normalized spacial score (nSPS) is 14.9. The van der Waals surface area contributed by atoms with Gasteiger partial charge in [-0.3, -0.25) is 4.79 Å². The van der Waals surface area contributed by atoms with Gasteiger partial charge in [-0.25, -0.2) is 9.67 Å². The van der Waals surface area contributed by atoms with Gasteiger partial charge < -0.3 is 10.2 Å². The molecule has 1 atom stereocenters. The van der Waals surface area contributed by atoms with Gasteiger partial charge in [-0.15, -0.1) is 0 Å². The summed E-state index contributed by atoms with van der Waals surface area (Å²) < 4.78 is 1.80. The Morgan fingerprint density at radius 2 is 1.86 bits per heavy atom. The lowest BCUT2D eigenvalue weighted by Crippen LogP contribution is -2.29. The maximum atomic E-state index is 13.0. The summed E-state index contributed by atoms with van der Waals surface area (Å²) in [4.78, 5) is 19.7. The van der Waals surface area contributed by atoms with Crippen molar-refractivity contribution >= 4 is 11.6 Å². The Hall–Kier alpha value is -3.15. The van der Waals surface area contributed by atoms with Crippen LogP contribution in [0.3, 0.4) is 0 Å². The molecule has 1 aliphatic heterocycles. The molecule has 1 unspecified atom stereocenters. The highest BCUT2D eigenvalue weighted by molar-refractivity contribution is 6.00. The highest BCUT2D eigenvalue weighted by atomic mass is 16.1. The molecule has 0 spiro atoms. The lowest BCUT2D eigenvalue weighted by atomic mass is 10.1. The molecule has 144 valence electrons. The molecule has 4 rings (SSSR count). The Labute approximate surface area is 165 Å². The third-order valence-electron chi connectivity index (χ3n) is 5.32. The molecule has 1 aliphatic rings. The van der Waals surface area contributed by atoms with Crippen LogP contribution in [-0.2, 0) is 0 Å². The minimum Gasteiger partial charge on any atom is -0.371 e. The van der Waals surface area contributed by atoms with Gasteiger partial charge in [-0.2, -0.15) is 5.10 Å². The Morgan fingerprint density at radius 3 is 2.61 bits per heavy atom. The Bertz CT molecular complexity index is 960. The monoisotopic (exact) mass is 375 g/mol. The fourth-order valence-corrected chi connectivity index (χ4v) is 3.81. The SMILES string of the molecule is Cc1c(C(C)NC(=O)c2ccccc2N2CCCC2)cnn1-c1ccccn1. The summed E-state index contributed by atoms with van der Waals surface area (Å²) in [6, 6.07) is 13.4. The van der Waals surface area contributed by atoms with Crippen molar-refractivity contribution in [2.75, 3.05) is 18.0 Å². The lowest BCUT2D eigenvalue weighted by Gasteiger charge is -2.22. The number of aromatic nitrogens is 3. The van der Waals surface area contributed by atoms with Gasteiger partial charge in [0, 0.05) is 36.2 Å². The number of carbonyl (C=O) groups excluding carboxylic acids is 1. The number of para-hydroxylation sites is 1. The van der Waals surface area contributed by atoms with Gasteiger partial charge in [0.25, 0.3) is 5.91 Å². The molecule has 6 heteroatoms. The fourth-order valence-electron chi connectivity index (χ4n) is 3.81. The minimum atomic E-state index is -0.156. The zero-order chi connectivity index (χ0) is 19.5. The number of rotatable bonds is 5. The number of anilines is 1. The second kappa shape index (κ2) is 7.84. The second-order valence-electron chi connectivity index (χ2n) is 7.19. The first-order chi connectivity index (χ1) is 13.6. The Kier molecular flexibility index (Phi) is 5.10. The summed E-state index contributed by atoms with van der Waals surface area (Å²) in [5.41, 5.74) is 3.70. The van der Waals surface area contributed by atoms with Gasteiger partial charge in [0.2, 0.25) is 0 Å². The van der Waals surface area contributed by atoms with Gasteiger partial charge in [0.05, 0.1) is 17.8 Å². The highest BCUT2D eigenvalue weighted by Gasteiger charge is 2.22. The third-order valence-corrected chi connectivity index (χ3v) is 5.32. The molecule has 3 aromatic rings. The number of nitrogens with one attached hydrogen (secondary N) is 1. The van der Waals surface area contributed by atoms with Crippen molar-refractivity contribution in [2.24, 2.45) is 0 Å². The van der Waals surface area contributed by atoms with Crippen molar-refractivity contribution in [1.82, 2.24) is 20.1 Å². The molecular weight excluding hydrogens is 350 g/mol. The first kappa shape index (κ1) is 18.2. The molecule has 1 saturated heterocycles. The number of benzene rings is 1. The third kappa shape index (κ3) is 3.50. The number of pyridine rings is 1. The summed E-state index contributed by atoms with van der Waals surface area (Å²) >= 11 is 0. The summed E-state index contributed by atoms with van der Waals surface area (Å²) in [5.74, 6) is 0.712. The van der Waals surface area contributed by atoms with Crippen LogP contribution in [0, 0.1) is 6.92 Å². The Balaban J connectivity index is 1.54. The van der Waals surface area contributed by atoms with Crippen LogP contribution < -0.4 is 10.2 Å². The fraction of sp³-hybridized carbons (Fsp3) is 0.318. The van der Waals surface area contributed by atoms with Crippen LogP contribution in [0.2, 0.25) is 0 Å². The van der Waals surface area contributed by atoms with Gasteiger partial charge >= 0.3 is 0 Å².